The fourth-order valence-electron chi connectivity index (χ4n) is 2.74. The van der Waals surface area contributed by atoms with Crippen molar-refractivity contribution in [1.29, 1.82) is 0 Å². The highest BCUT2D eigenvalue weighted by atomic mass is 16.4. The molecule has 2 rings (SSSR count). The van der Waals surface area contributed by atoms with E-state index in [9.17, 15) is 9.59 Å². The van der Waals surface area contributed by atoms with E-state index < -0.39 is 11.9 Å². The Hall–Kier alpha value is -1.10. The average Bonchev–Trinajstić information content (AvgIpc) is 2.99. The fourth-order valence-corrected chi connectivity index (χ4v) is 2.74. The molecule has 5 heteroatoms. The summed E-state index contributed by atoms with van der Waals surface area (Å²) in [4.78, 5) is 22.3. The Kier molecular flexibility index (Phi) is 3.66. The second-order valence-electron chi connectivity index (χ2n) is 5.17. The Morgan fingerprint density at radius 2 is 1.88 bits per heavy atom. The summed E-state index contributed by atoms with van der Waals surface area (Å²) >= 11 is 0. The van der Waals surface area contributed by atoms with Crippen LogP contribution in [0.15, 0.2) is 0 Å². The molecular weight excluding hydrogens is 222 g/mol. The summed E-state index contributed by atoms with van der Waals surface area (Å²) in [6.07, 6.45) is 3.64. The van der Waals surface area contributed by atoms with Gasteiger partial charge >= 0.3 is 5.97 Å². The normalized spacial score (nSPS) is 35.6. The lowest BCUT2D eigenvalue weighted by Gasteiger charge is -2.17. The van der Waals surface area contributed by atoms with Gasteiger partial charge in [0.05, 0.1) is 11.8 Å². The van der Waals surface area contributed by atoms with Gasteiger partial charge in [-0.25, -0.2) is 0 Å². The molecule has 2 aliphatic rings. The van der Waals surface area contributed by atoms with Crippen LogP contribution in [0, 0.1) is 23.7 Å². The quantitative estimate of drug-likeness (QED) is 0.643. The van der Waals surface area contributed by atoms with Crippen LogP contribution in [0.25, 0.3) is 0 Å². The first-order valence-corrected chi connectivity index (χ1v) is 6.25. The molecule has 0 spiro atoms. The number of rotatable bonds is 5. The molecule has 0 bridgehead atoms. The summed E-state index contributed by atoms with van der Waals surface area (Å²) < 4.78 is 0. The number of hydrogen-bond donors (Lipinski definition) is 3. The molecule has 0 aromatic carbocycles. The zero-order chi connectivity index (χ0) is 12.4. The van der Waals surface area contributed by atoms with Crippen LogP contribution >= 0.6 is 0 Å². The van der Waals surface area contributed by atoms with Gasteiger partial charge in [0.1, 0.15) is 0 Å². The molecule has 3 N–H and O–H groups in total. The molecule has 17 heavy (non-hydrogen) atoms. The van der Waals surface area contributed by atoms with Crippen molar-refractivity contribution >= 4 is 11.9 Å². The van der Waals surface area contributed by atoms with Gasteiger partial charge in [0.2, 0.25) is 5.91 Å². The third-order valence-corrected chi connectivity index (χ3v) is 4.03. The number of aliphatic hydroxyl groups is 1. The first-order chi connectivity index (χ1) is 8.13. The van der Waals surface area contributed by atoms with Gasteiger partial charge in [0.15, 0.2) is 0 Å². The van der Waals surface area contributed by atoms with Crippen LogP contribution < -0.4 is 5.32 Å². The maximum absolute atomic E-state index is 11.6. The number of aliphatic carboxylic acids is 1. The first-order valence-electron chi connectivity index (χ1n) is 6.25. The minimum absolute atomic E-state index is 0.138. The van der Waals surface area contributed by atoms with E-state index in [0.717, 1.165) is 19.3 Å². The second-order valence-corrected chi connectivity index (χ2v) is 5.17. The topological polar surface area (TPSA) is 86.6 Å². The van der Waals surface area contributed by atoms with E-state index in [1.54, 1.807) is 0 Å². The van der Waals surface area contributed by atoms with E-state index in [1.165, 1.54) is 0 Å². The van der Waals surface area contributed by atoms with Gasteiger partial charge in [-0.2, -0.15) is 0 Å². The van der Waals surface area contributed by atoms with Crippen molar-refractivity contribution in [3.8, 4) is 0 Å². The lowest BCUT2D eigenvalue weighted by atomic mass is 9.97. The van der Waals surface area contributed by atoms with Gasteiger partial charge in [-0.15, -0.1) is 0 Å². The number of carboxylic acid groups (broad SMARTS) is 1. The van der Waals surface area contributed by atoms with Crippen LogP contribution in [0.5, 0.6) is 0 Å². The molecule has 0 radical (unpaired) electrons. The summed E-state index contributed by atoms with van der Waals surface area (Å²) in [6, 6.07) is 0. The van der Waals surface area contributed by atoms with Crippen molar-refractivity contribution < 1.29 is 19.8 Å². The van der Waals surface area contributed by atoms with Crippen LogP contribution in [0.1, 0.15) is 25.7 Å². The number of hydrogen-bond acceptors (Lipinski definition) is 3. The first kappa shape index (κ1) is 12.4. The predicted octanol–water partition coefficient (Wildman–Crippen LogP) is 0.232. The van der Waals surface area contributed by atoms with Gasteiger partial charge in [0.25, 0.3) is 0 Å². The third kappa shape index (κ3) is 2.77. The lowest BCUT2D eigenvalue weighted by Crippen LogP contribution is -2.33. The largest absolute Gasteiger partial charge is 0.481 e. The molecule has 2 unspecified atom stereocenters. The maximum atomic E-state index is 11.6. The number of amides is 1. The lowest BCUT2D eigenvalue weighted by molar-refractivity contribution is -0.140. The summed E-state index contributed by atoms with van der Waals surface area (Å²) in [7, 11) is 0. The highest BCUT2D eigenvalue weighted by Gasteiger charge is 2.48. The van der Waals surface area contributed by atoms with E-state index in [-0.39, 0.29) is 18.4 Å². The van der Waals surface area contributed by atoms with Crippen molar-refractivity contribution in [2.45, 2.75) is 25.7 Å². The second kappa shape index (κ2) is 5.04. The minimum atomic E-state index is -0.876. The smallest absolute Gasteiger partial charge is 0.307 e. The molecule has 1 amide bonds. The van der Waals surface area contributed by atoms with Crippen LogP contribution in [0.4, 0.5) is 0 Å². The van der Waals surface area contributed by atoms with Gasteiger partial charge in [-0.05, 0) is 31.1 Å². The third-order valence-electron chi connectivity index (χ3n) is 4.03. The van der Waals surface area contributed by atoms with Gasteiger partial charge in [-0.1, -0.05) is 6.42 Å². The van der Waals surface area contributed by atoms with Gasteiger partial charge in [-0.3, -0.25) is 9.59 Å². The minimum Gasteiger partial charge on any atom is -0.481 e. The monoisotopic (exact) mass is 241 g/mol. The molecule has 0 aromatic heterocycles. The Bertz CT molecular complexity index is 318. The molecule has 2 aliphatic carbocycles. The van der Waals surface area contributed by atoms with Crippen LogP contribution in [-0.4, -0.2) is 35.2 Å². The summed E-state index contributed by atoms with van der Waals surface area (Å²) in [5.41, 5.74) is 0. The Morgan fingerprint density at radius 3 is 2.47 bits per heavy atom. The van der Waals surface area contributed by atoms with Crippen molar-refractivity contribution in [3.05, 3.63) is 0 Å². The van der Waals surface area contributed by atoms with Crippen LogP contribution in [0.3, 0.4) is 0 Å². The molecule has 2 saturated carbocycles. The average molecular weight is 241 g/mol. The standard InChI is InChI=1S/C12H19NO4/c14-6-8-3-1-2-7(8)5-13-11(15)9-4-10(9)12(16)17/h7-10,14H,1-6H2,(H,13,15)(H,16,17)/t7?,8?,9-,10+/m1/s1. The molecule has 2 fully saturated rings. The zero-order valence-electron chi connectivity index (χ0n) is 9.76. The SMILES string of the molecule is O=C(O)[C@H]1C[C@H]1C(=O)NCC1CCCC1CO. The Labute approximate surface area is 100 Å². The van der Waals surface area contributed by atoms with E-state index in [1.807, 2.05) is 0 Å². The molecular formula is C12H19NO4. The predicted molar refractivity (Wildman–Crippen MR) is 60.2 cm³/mol. The summed E-state index contributed by atoms with van der Waals surface area (Å²) in [6.45, 7) is 0.759. The van der Waals surface area contributed by atoms with Crippen molar-refractivity contribution in [3.63, 3.8) is 0 Å². The van der Waals surface area contributed by atoms with E-state index in [2.05, 4.69) is 5.32 Å². The maximum Gasteiger partial charge on any atom is 0.307 e. The Balaban J connectivity index is 1.72. The number of carboxylic acids is 1. The molecule has 4 atom stereocenters. The number of nitrogens with one attached hydrogen (secondary N) is 1. The van der Waals surface area contributed by atoms with Crippen molar-refractivity contribution in [2.24, 2.45) is 23.7 Å². The fraction of sp³-hybridized carbons (Fsp3) is 0.833. The molecule has 0 aromatic rings. The van der Waals surface area contributed by atoms with E-state index >= 15 is 0 Å². The molecule has 0 aliphatic heterocycles. The van der Waals surface area contributed by atoms with E-state index in [4.69, 9.17) is 10.2 Å². The van der Waals surface area contributed by atoms with Crippen molar-refractivity contribution in [2.75, 3.05) is 13.2 Å². The molecule has 5 nitrogen and oxygen atoms in total. The number of carbonyl (C=O) groups excluding carboxylic acids is 1. The van der Waals surface area contributed by atoms with Crippen LogP contribution in [-0.2, 0) is 9.59 Å². The van der Waals surface area contributed by atoms with Crippen molar-refractivity contribution in [1.82, 2.24) is 5.32 Å². The highest BCUT2D eigenvalue weighted by molar-refractivity contribution is 5.89. The Morgan fingerprint density at radius 1 is 1.18 bits per heavy atom. The number of aliphatic hydroxyl groups excluding tert-OH is 1. The van der Waals surface area contributed by atoms with E-state index in [0.29, 0.717) is 24.8 Å². The summed E-state index contributed by atoms with van der Waals surface area (Å²) in [5, 5.41) is 20.7. The molecule has 0 heterocycles. The van der Waals surface area contributed by atoms with Gasteiger partial charge in [0, 0.05) is 13.2 Å². The molecule has 96 valence electrons. The van der Waals surface area contributed by atoms with Gasteiger partial charge < -0.3 is 15.5 Å². The van der Waals surface area contributed by atoms with Crippen LogP contribution in [0.2, 0.25) is 0 Å². The molecule has 0 saturated heterocycles. The zero-order valence-corrected chi connectivity index (χ0v) is 9.76. The highest BCUT2D eigenvalue weighted by Crippen LogP contribution is 2.39. The number of carbonyl (C=O) groups is 2. The summed E-state index contributed by atoms with van der Waals surface area (Å²) in [5.74, 6) is -1.18.